The number of benzene rings is 2. The number of carbonyl (C=O) groups is 2. The van der Waals surface area contributed by atoms with Crippen LogP contribution in [0.4, 0.5) is 5.69 Å². The van der Waals surface area contributed by atoms with Gasteiger partial charge in [0.25, 0.3) is 10.0 Å². The minimum absolute atomic E-state index is 0.148. The van der Waals surface area contributed by atoms with Crippen molar-refractivity contribution < 1.29 is 18.0 Å². The van der Waals surface area contributed by atoms with E-state index in [0.717, 1.165) is 11.1 Å². The molecule has 2 aromatic carbocycles. The lowest BCUT2D eigenvalue weighted by atomic mass is 9.98. The van der Waals surface area contributed by atoms with Crippen molar-refractivity contribution in [2.45, 2.75) is 30.8 Å². The SMILES string of the molecule is C=CC(=O)NC1CCN(S(=O)(=O)c2ccc(CNC(C)=O)cc2)c2ccccc21. The fourth-order valence-corrected chi connectivity index (χ4v) is 4.80. The number of para-hydroxylation sites is 1. The van der Waals surface area contributed by atoms with Gasteiger partial charge in [-0.25, -0.2) is 8.42 Å². The number of hydrogen-bond acceptors (Lipinski definition) is 4. The highest BCUT2D eigenvalue weighted by molar-refractivity contribution is 7.92. The first kappa shape index (κ1) is 20.6. The maximum atomic E-state index is 13.3. The number of rotatable bonds is 6. The van der Waals surface area contributed by atoms with E-state index in [2.05, 4.69) is 17.2 Å². The molecule has 2 amide bonds. The predicted molar refractivity (Wildman–Crippen MR) is 111 cm³/mol. The van der Waals surface area contributed by atoms with Crippen molar-refractivity contribution >= 4 is 27.5 Å². The van der Waals surface area contributed by atoms with Gasteiger partial charge in [-0.2, -0.15) is 0 Å². The van der Waals surface area contributed by atoms with Crippen molar-refractivity contribution in [1.82, 2.24) is 10.6 Å². The monoisotopic (exact) mass is 413 g/mol. The number of anilines is 1. The third-order valence-corrected chi connectivity index (χ3v) is 6.58. The maximum Gasteiger partial charge on any atom is 0.264 e. The zero-order valence-electron chi connectivity index (χ0n) is 16.1. The molecule has 1 unspecified atom stereocenters. The predicted octanol–water partition coefficient (Wildman–Crippen LogP) is 2.26. The molecule has 1 aliphatic heterocycles. The average Bonchev–Trinajstić information content (AvgIpc) is 2.72. The lowest BCUT2D eigenvalue weighted by Crippen LogP contribution is -2.40. The normalized spacial score (nSPS) is 15.9. The van der Waals surface area contributed by atoms with E-state index in [4.69, 9.17) is 0 Å². The number of nitrogens with zero attached hydrogens (tertiary/aromatic N) is 1. The Hall–Kier alpha value is -3.13. The summed E-state index contributed by atoms with van der Waals surface area (Å²) in [5.41, 5.74) is 2.11. The van der Waals surface area contributed by atoms with Gasteiger partial charge in [0.05, 0.1) is 16.6 Å². The smallest absolute Gasteiger partial charge is 0.264 e. The number of sulfonamides is 1. The van der Waals surface area contributed by atoms with Crippen molar-refractivity contribution in [3.8, 4) is 0 Å². The number of nitrogens with one attached hydrogen (secondary N) is 2. The molecule has 0 aromatic heterocycles. The van der Waals surface area contributed by atoms with Gasteiger partial charge in [0.2, 0.25) is 11.8 Å². The maximum absolute atomic E-state index is 13.3. The average molecular weight is 413 g/mol. The van der Waals surface area contributed by atoms with E-state index in [1.165, 1.54) is 17.3 Å². The standard InChI is InChI=1S/C21H23N3O4S/c1-3-21(26)23-19-12-13-24(20-7-5-4-6-18(19)20)29(27,28)17-10-8-16(9-11-17)14-22-15(2)25/h3-11,19H,1,12-14H2,2H3,(H,22,25)(H,23,26). The van der Waals surface area contributed by atoms with E-state index in [1.807, 2.05) is 12.1 Å². The van der Waals surface area contributed by atoms with Crippen LogP contribution in [0, 0.1) is 0 Å². The van der Waals surface area contributed by atoms with Crippen LogP contribution in [-0.2, 0) is 26.2 Å². The Kier molecular flexibility index (Phi) is 6.03. The quantitative estimate of drug-likeness (QED) is 0.710. The lowest BCUT2D eigenvalue weighted by Gasteiger charge is -2.35. The number of amides is 2. The van der Waals surface area contributed by atoms with Crippen LogP contribution in [-0.4, -0.2) is 26.8 Å². The molecule has 152 valence electrons. The van der Waals surface area contributed by atoms with Crippen molar-refractivity contribution in [2.75, 3.05) is 10.8 Å². The summed E-state index contributed by atoms with van der Waals surface area (Å²) in [4.78, 5) is 22.9. The van der Waals surface area contributed by atoms with Crippen LogP contribution in [0.2, 0.25) is 0 Å². The first-order chi connectivity index (χ1) is 13.8. The fraction of sp³-hybridized carbons (Fsp3) is 0.238. The van der Waals surface area contributed by atoms with Crippen LogP contribution in [0.3, 0.4) is 0 Å². The minimum Gasteiger partial charge on any atom is -0.352 e. The van der Waals surface area contributed by atoms with E-state index in [1.54, 1.807) is 36.4 Å². The summed E-state index contributed by atoms with van der Waals surface area (Å²) in [5, 5.41) is 5.54. The van der Waals surface area contributed by atoms with Gasteiger partial charge in [-0.3, -0.25) is 13.9 Å². The van der Waals surface area contributed by atoms with E-state index in [9.17, 15) is 18.0 Å². The summed E-state index contributed by atoms with van der Waals surface area (Å²) in [6.07, 6.45) is 1.66. The summed E-state index contributed by atoms with van der Waals surface area (Å²) in [7, 11) is -3.77. The molecule has 1 heterocycles. The van der Waals surface area contributed by atoms with Gasteiger partial charge in [-0.05, 0) is 41.8 Å². The summed E-state index contributed by atoms with van der Waals surface area (Å²) in [6, 6.07) is 13.3. The lowest BCUT2D eigenvalue weighted by molar-refractivity contribution is -0.119. The molecule has 0 bridgehead atoms. The molecular weight excluding hydrogens is 390 g/mol. The Morgan fingerprint density at radius 3 is 2.52 bits per heavy atom. The first-order valence-corrected chi connectivity index (χ1v) is 10.6. The molecule has 1 atom stereocenters. The van der Waals surface area contributed by atoms with Crippen molar-refractivity contribution in [1.29, 1.82) is 0 Å². The number of hydrogen-bond donors (Lipinski definition) is 2. The molecule has 2 aromatic rings. The van der Waals surface area contributed by atoms with Crippen molar-refractivity contribution in [3.63, 3.8) is 0 Å². The highest BCUT2D eigenvalue weighted by atomic mass is 32.2. The van der Waals surface area contributed by atoms with Crippen LogP contribution in [0.25, 0.3) is 0 Å². The van der Waals surface area contributed by atoms with E-state index in [0.29, 0.717) is 18.7 Å². The van der Waals surface area contributed by atoms with Crippen LogP contribution in [0.5, 0.6) is 0 Å². The van der Waals surface area contributed by atoms with Crippen LogP contribution >= 0.6 is 0 Å². The number of carbonyl (C=O) groups excluding carboxylic acids is 2. The highest BCUT2D eigenvalue weighted by Gasteiger charge is 2.33. The van der Waals surface area contributed by atoms with Gasteiger partial charge in [-0.15, -0.1) is 0 Å². The van der Waals surface area contributed by atoms with Crippen LogP contribution < -0.4 is 14.9 Å². The molecule has 29 heavy (non-hydrogen) atoms. The summed E-state index contributed by atoms with van der Waals surface area (Å²) < 4.78 is 27.9. The second kappa shape index (κ2) is 8.48. The Bertz CT molecular complexity index is 1030. The summed E-state index contributed by atoms with van der Waals surface area (Å²) >= 11 is 0. The second-order valence-corrected chi connectivity index (χ2v) is 8.61. The minimum atomic E-state index is -3.77. The van der Waals surface area contributed by atoms with Gasteiger partial charge >= 0.3 is 0 Å². The van der Waals surface area contributed by atoms with Gasteiger partial charge in [0, 0.05) is 20.0 Å². The molecule has 0 radical (unpaired) electrons. The van der Waals surface area contributed by atoms with Gasteiger partial charge < -0.3 is 10.6 Å². The summed E-state index contributed by atoms with van der Waals surface area (Å²) in [5.74, 6) is -0.444. The molecule has 0 saturated carbocycles. The molecule has 0 spiro atoms. The topological polar surface area (TPSA) is 95.6 Å². The molecule has 1 aliphatic rings. The molecular formula is C21H23N3O4S. The van der Waals surface area contributed by atoms with Gasteiger partial charge in [-0.1, -0.05) is 36.9 Å². The molecule has 0 saturated heterocycles. The van der Waals surface area contributed by atoms with Crippen molar-refractivity contribution in [3.05, 3.63) is 72.3 Å². The van der Waals surface area contributed by atoms with E-state index in [-0.39, 0.29) is 29.3 Å². The van der Waals surface area contributed by atoms with Crippen LogP contribution in [0.1, 0.15) is 30.5 Å². The highest BCUT2D eigenvalue weighted by Crippen LogP contribution is 2.37. The summed E-state index contributed by atoms with van der Waals surface area (Å²) in [6.45, 7) is 5.48. The molecule has 7 nitrogen and oxygen atoms in total. The Labute approximate surface area is 170 Å². The number of fused-ring (bicyclic) bond motifs is 1. The molecule has 0 fully saturated rings. The Morgan fingerprint density at radius 2 is 1.86 bits per heavy atom. The zero-order valence-corrected chi connectivity index (χ0v) is 16.9. The Morgan fingerprint density at radius 1 is 1.17 bits per heavy atom. The second-order valence-electron chi connectivity index (χ2n) is 6.74. The third kappa shape index (κ3) is 4.48. The van der Waals surface area contributed by atoms with E-state index >= 15 is 0 Å². The molecule has 2 N–H and O–H groups in total. The van der Waals surface area contributed by atoms with Crippen LogP contribution in [0.15, 0.2) is 66.1 Å². The molecule has 3 rings (SSSR count). The van der Waals surface area contributed by atoms with Gasteiger partial charge in [0.15, 0.2) is 0 Å². The molecule has 8 heteroatoms. The Balaban J connectivity index is 1.88. The van der Waals surface area contributed by atoms with Crippen molar-refractivity contribution in [2.24, 2.45) is 0 Å². The fourth-order valence-electron chi connectivity index (χ4n) is 3.29. The molecule has 0 aliphatic carbocycles. The first-order valence-electron chi connectivity index (χ1n) is 9.21. The zero-order chi connectivity index (χ0) is 21.0. The largest absolute Gasteiger partial charge is 0.352 e. The van der Waals surface area contributed by atoms with Gasteiger partial charge in [0.1, 0.15) is 0 Å². The third-order valence-electron chi connectivity index (χ3n) is 4.76. The van der Waals surface area contributed by atoms with E-state index < -0.39 is 10.0 Å².